The number of hydrogen-bond acceptors (Lipinski definition) is 7. The quantitative estimate of drug-likeness (QED) is 0.385. The maximum Gasteiger partial charge on any atom is 0.257 e. The lowest BCUT2D eigenvalue weighted by Crippen LogP contribution is -2.48. The van der Waals surface area contributed by atoms with Crippen LogP contribution in [-0.4, -0.2) is 68.5 Å². The normalized spacial score (nSPS) is 14.7. The third kappa shape index (κ3) is 4.73. The molecule has 0 N–H and O–H groups in total. The molecule has 188 valence electrons. The summed E-state index contributed by atoms with van der Waals surface area (Å²) in [6, 6.07) is 5.85. The van der Waals surface area contributed by atoms with Crippen molar-refractivity contribution >= 4 is 28.1 Å². The predicted octanol–water partition coefficient (Wildman–Crippen LogP) is 4.49. The summed E-state index contributed by atoms with van der Waals surface area (Å²) in [6.45, 7) is 10.0. The number of ether oxygens (including phenoxy) is 1. The molecule has 0 spiro atoms. The number of methoxy groups -OCH3 is 1. The Labute approximate surface area is 215 Å². The molecule has 0 bridgehead atoms. The van der Waals surface area contributed by atoms with Crippen LogP contribution in [0.2, 0.25) is 0 Å². The fraction of sp³-hybridized carbons (Fsp3) is 0.407. The van der Waals surface area contributed by atoms with Crippen LogP contribution in [0.25, 0.3) is 22.2 Å². The number of aromatic nitrogens is 4. The van der Waals surface area contributed by atoms with E-state index in [1.54, 1.807) is 24.6 Å². The van der Waals surface area contributed by atoms with Crippen LogP contribution in [0.3, 0.4) is 0 Å². The molecule has 4 aromatic rings. The highest BCUT2D eigenvalue weighted by atomic mass is 32.1. The molecular formula is C27H32N6O2S. The second kappa shape index (κ2) is 9.99. The van der Waals surface area contributed by atoms with E-state index in [9.17, 15) is 4.79 Å². The van der Waals surface area contributed by atoms with Gasteiger partial charge in [-0.15, -0.1) is 11.3 Å². The Morgan fingerprint density at radius 1 is 1.17 bits per heavy atom. The Balaban J connectivity index is 1.42. The Morgan fingerprint density at radius 2 is 1.94 bits per heavy atom. The maximum absolute atomic E-state index is 13.7. The molecule has 3 aromatic heterocycles. The maximum atomic E-state index is 13.7. The molecule has 0 radical (unpaired) electrons. The van der Waals surface area contributed by atoms with E-state index in [1.807, 2.05) is 37.1 Å². The number of aryl methyl sites for hydroxylation is 2. The molecule has 5 rings (SSSR count). The van der Waals surface area contributed by atoms with Gasteiger partial charge in [0.15, 0.2) is 0 Å². The summed E-state index contributed by atoms with van der Waals surface area (Å²) in [5, 5.41) is 4.18. The smallest absolute Gasteiger partial charge is 0.257 e. The number of benzene rings is 1. The first-order valence-corrected chi connectivity index (χ1v) is 13.1. The Bertz CT molecular complexity index is 1400. The number of hydrogen-bond donors (Lipinski definition) is 0. The number of carbonyl (C=O) groups is 1. The predicted molar refractivity (Wildman–Crippen MR) is 143 cm³/mol. The average Bonchev–Trinajstić information content (AvgIpc) is 3.45. The lowest BCUT2D eigenvalue weighted by atomic mass is 10.0. The molecule has 8 nitrogen and oxygen atoms in total. The van der Waals surface area contributed by atoms with E-state index in [-0.39, 0.29) is 11.8 Å². The van der Waals surface area contributed by atoms with Gasteiger partial charge in [-0.25, -0.2) is 15.0 Å². The van der Waals surface area contributed by atoms with Crippen molar-refractivity contribution in [3.05, 3.63) is 58.1 Å². The largest absolute Gasteiger partial charge is 0.496 e. The van der Waals surface area contributed by atoms with E-state index in [2.05, 4.69) is 44.9 Å². The molecule has 0 aliphatic carbocycles. The van der Waals surface area contributed by atoms with Gasteiger partial charge in [0.2, 0.25) is 0 Å². The van der Waals surface area contributed by atoms with Crippen molar-refractivity contribution in [1.82, 2.24) is 29.3 Å². The van der Waals surface area contributed by atoms with Crippen LogP contribution in [0.15, 0.2) is 36.0 Å². The summed E-state index contributed by atoms with van der Waals surface area (Å²) in [5.41, 5.74) is 4.52. The SMILES string of the molecule is COc1cc2c(cc1C(=O)N1CCN(Cc3csc(C)n3)CC1)c(-c1ccnc(C(C)C)n1)cn2C. The molecule has 0 unspecified atom stereocenters. The van der Waals surface area contributed by atoms with Crippen LogP contribution in [0.4, 0.5) is 0 Å². The molecule has 0 saturated carbocycles. The van der Waals surface area contributed by atoms with E-state index < -0.39 is 0 Å². The number of thiazole rings is 1. The van der Waals surface area contributed by atoms with Crippen LogP contribution in [-0.2, 0) is 13.6 Å². The first kappa shape index (κ1) is 24.4. The van der Waals surface area contributed by atoms with Gasteiger partial charge >= 0.3 is 0 Å². The third-order valence-corrected chi connectivity index (χ3v) is 7.54. The second-order valence-corrected chi connectivity index (χ2v) is 10.7. The minimum atomic E-state index is -0.00161. The minimum absolute atomic E-state index is 0.00161. The average molecular weight is 505 g/mol. The zero-order valence-electron chi connectivity index (χ0n) is 21.5. The number of piperazine rings is 1. The topological polar surface area (TPSA) is 76.4 Å². The van der Waals surface area contributed by atoms with Gasteiger partial charge in [0.25, 0.3) is 5.91 Å². The summed E-state index contributed by atoms with van der Waals surface area (Å²) < 4.78 is 7.74. The molecule has 0 atom stereocenters. The molecule has 1 fully saturated rings. The van der Waals surface area contributed by atoms with Gasteiger partial charge < -0.3 is 14.2 Å². The molecule has 9 heteroatoms. The van der Waals surface area contributed by atoms with Crippen molar-refractivity contribution in [2.75, 3.05) is 33.3 Å². The zero-order chi connectivity index (χ0) is 25.4. The molecule has 36 heavy (non-hydrogen) atoms. The van der Waals surface area contributed by atoms with Crippen LogP contribution < -0.4 is 4.74 Å². The number of amides is 1. The van der Waals surface area contributed by atoms with Crippen LogP contribution in [0.5, 0.6) is 5.75 Å². The number of carbonyl (C=O) groups excluding carboxylic acids is 1. The van der Waals surface area contributed by atoms with Crippen molar-refractivity contribution in [2.45, 2.75) is 33.2 Å². The lowest BCUT2D eigenvalue weighted by molar-refractivity contribution is 0.0624. The highest BCUT2D eigenvalue weighted by Gasteiger charge is 2.26. The van der Waals surface area contributed by atoms with Crippen LogP contribution >= 0.6 is 11.3 Å². The number of fused-ring (bicyclic) bond motifs is 1. The van der Waals surface area contributed by atoms with E-state index in [4.69, 9.17) is 9.72 Å². The van der Waals surface area contributed by atoms with E-state index in [1.165, 1.54) is 0 Å². The number of nitrogens with zero attached hydrogens (tertiary/aromatic N) is 6. The fourth-order valence-corrected chi connectivity index (χ4v) is 5.34. The molecule has 1 amide bonds. The summed E-state index contributed by atoms with van der Waals surface area (Å²) in [6.07, 6.45) is 3.86. The minimum Gasteiger partial charge on any atom is -0.496 e. The highest BCUT2D eigenvalue weighted by Crippen LogP contribution is 2.35. The van der Waals surface area contributed by atoms with Gasteiger partial charge in [0.1, 0.15) is 11.6 Å². The van der Waals surface area contributed by atoms with Crippen molar-refractivity contribution in [1.29, 1.82) is 0 Å². The second-order valence-electron chi connectivity index (χ2n) is 9.60. The molecule has 1 aromatic carbocycles. The summed E-state index contributed by atoms with van der Waals surface area (Å²) >= 11 is 1.68. The first-order chi connectivity index (χ1) is 17.3. The molecule has 4 heterocycles. The summed E-state index contributed by atoms with van der Waals surface area (Å²) in [4.78, 5) is 31.7. The van der Waals surface area contributed by atoms with Gasteiger partial charge in [-0.3, -0.25) is 9.69 Å². The molecule has 1 aliphatic heterocycles. The first-order valence-electron chi connectivity index (χ1n) is 12.3. The van der Waals surface area contributed by atoms with E-state index >= 15 is 0 Å². The number of rotatable bonds is 6. The zero-order valence-corrected chi connectivity index (χ0v) is 22.3. The van der Waals surface area contributed by atoms with Gasteiger partial charge in [0, 0.05) is 80.5 Å². The van der Waals surface area contributed by atoms with Crippen molar-refractivity contribution < 1.29 is 9.53 Å². The molecular weight excluding hydrogens is 472 g/mol. The molecule has 1 saturated heterocycles. The van der Waals surface area contributed by atoms with Crippen molar-refractivity contribution in [3.8, 4) is 17.0 Å². The van der Waals surface area contributed by atoms with Crippen molar-refractivity contribution in [2.24, 2.45) is 7.05 Å². The third-order valence-electron chi connectivity index (χ3n) is 6.72. The van der Waals surface area contributed by atoms with Crippen LogP contribution in [0.1, 0.15) is 46.6 Å². The summed E-state index contributed by atoms with van der Waals surface area (Å²) in [7, 11) is 3.62. The van der Waals surface area contributed by atoms with Gasteiger partial charge in [-0.1, -0.05) is 13.8 Å². The van der Waals surface area contributed by atoms with E-state index in [0.29, 0.717) is 24.4 Å². The van der Waals surface area contributed by atoms with Crippen LogP contribution in [0, 0.1) is 6.92 Å². The Hall–Kier alpha value is -3.30. The van der Waals surface area contributed by atoms with Crippen molar-refractivity contribution in [3.63, 3.8) is 0 Å². The van der Waals surface area contributed by atoms with Gasteiger partial charge in [-0.05, 0) is 19.1 Å². The Morgan fingerprint density at radius 3 is 2.61 bits per heavy atom. The molecule has 1 aliphatic rings. The standard InChI is InChI=1S/C27H32N6O2S/c1-17(2)26-28-7-6-23(30-26)22-15-31(4)24-13-25(35-5)21(12-20(22)24)27(34)33-10-8-32(9-11-33)14-19-16-36-18(3)29-19/h6-7,12-13,15-17H,8-11,14H2,1-5H3. The summed E-state index contributed by atoms with van der Waals surface area (Å²) in [5.74, 6) is 1.62. The monoisotopic (exact) mass is 504 g/mol. The Kier molecular flexibility index (Phi) is 6.77. The lowest BCUT2D eigenvalue weighted by Gasteiger charge is -2.34. The fourth-order valence-electron chi connectivity index (χ4n) is 4.74. The van der Waals surface area contributed by atoms with Gasteiger partial charge in [-0.2, -0.15) is 0 Å². The highest BCUT2D eigenvalue weighted by molar-refractivity contribution is 7.09. The van der Waals surface area contributed by atoms with Gasteiger partial charge in [0.05, 0.1) is 34.6 Å². The van der Waals surface area contributed by atoms with E-state index in [0.717, 1.165) is 58.3 Å².